The van der Waals surface area contributed by atoms with Crippen LogP contribution in [0.1, 0.15) is 21.6 Å². The number of rotatable bonds is 2. The van der Waals surface area contributed by atoms with Crippen molar-refractivity contribution < 1.29 is 4.79 Å². The molecule has 5 N–H and O–H groups in total. The summed E-state index contributed by atoms with van der Waals surface area (Å²) in [6, 6.07) is 7.79. The quantitative estimate of drug-likeness (QED) is 0.324. The maximum atomic E-state index is 11.8. The van der Waals surface area contributed by atoms with E-state index in [2.05, 4.69) is 20.4 Å². The standard InChI is InChI=1S/C14H15N5O/c1-7-11(14(20)19-15)8(2)16-12(7)13-17-9-5-3-4-6-10(9)18-13/h3-6,16H,15H2,1-2H3,(H,17,18)(H,19,20). The molecule has 0 fully saturated rings. The first-order valence-electron chi connectivity index (χ1n) is 6.27. The zero-order valence-corrected chi connectivity index (χ0v) is 11.2. The third kappa shape index (κ3) is 1.78. The van der Waals surface area contributed by atoms with Gasteiger partial charge in [-0.3, -0.25) is 10.2 Å². The molecule has 0 radical (unpaired) electrons. The van der Waals surface area contributed by atoms with Crippen molar-refractivity contribution in [1.29, 1.82) is 0 Å². The maximum Gasteiger partial charge on any atom is 0.267 e. The Hall–Kier alpha value is -2.60. The molecule has 0 aliphatic rings. The van der Waals surface area contributed by atoms with E-state index in [1.807, 2.05) is 38.1 Å². The van der Waals surface area contributed by atoms with Gasteiger partial charge in [0, 0.05) is 5.69 Å². The summed E-state index contributed by atoms with van der Waals surface area (Å²) in [7, 11) is 0. The molecule has 0 saturated carbocycles. The van der Waals surface area contributed by atoms with Crippen LogP contribution in [0.3, 0.4) is 0 Å². The van der Waals surface area contributed by atoms with Gasteiger partial charge in [0.15, 0.2) is 5.82 Å². The Morgan fingerprint density at radius 3 is 2.70 bits per heavy atom. The van der Waals surface area contributed by atoms with Crippen LogP contribution in [0, 0.1) is 13.8 Å². The second-order valence-corrected chi connectivity index (χ2v) is 4.70. The van der Waals surface area contributed by atoms with E-state index < -0.39 is 0 Å². The van der Waals surface area contributed by atoms with Gasteiger partial charge in [-0.15, -0.1) is 0 Å². The first-order chi connectivity index (χ1) is 9.61. The lowest BCUT2D eigenvalue weighted by molar-refractivity contribution is 0.0952. The van der Waals surface area contributed by atoms with E-state index in [4.69, 9.17) is 5.84 Å². The normalized spacial score (nSPS) is 10.9. The molecule has 2 heterocycles. The molecule has 0 saturated heterocycles. The number of carbonyl (C=O) groups excluding carboxylic acids is 1. The summed E-state index contributed by atoms with van der Waals surface area (Å²) in [5.74, 6) is 5.62. The van der Waals surface area contributed by atoms with Gasteiger partial charge in [0.1, 0.15) is 0 Å². The average Bonchev–Trinajstić information content (AvgIpc) is 2.99. The summed E-state index contributed by atoms with van der Waals surface area (Å²) >= 11 is 0. The molecule has 6 heteroatoms. The zero-order chi connectivity index (χ0) is 14.3. The number of nitrogens with zero attached hydrogens (tertiary/aromatic N) is 1. The van der Waals surface area contributed by atoms with Crippen LogP contribution in [0.2, 0.25) is 0 Å². The predicted molar refractivity (Wildman–Crippen MR) is 77.0 cm³/mol. The summed E-state index contributed by atoms with van der Waals surface area (Å²) in [5, 5.41) is 0. The fourth-order valence-corrected chi connectivity index (χ4v) is 2.47. The van der Waals surface area contributed by atoms with Crippen LogP contribution in [0.15, 0.2) is 24.3 Å². The van der Waals surface area contributed by atoms with E-state index in [-0.39, 0.29) is 5.91 Å². The molecule has 2 aromatic heterocycles. The van der Waals surface area contributed by atoms with Crippen molar-refractivity contribution in [2.45, 2.75) is 13.8 Å². The number of nitrogen functional groups attached to an aromatic ring is 1. The molecule has 3 rings (SSSR count). The van der Waals surface area contributed by atoms with Gasteiger partial charge in [-0.25, -0.2) is 10.8 Å². The Morgan fingerprint density at radius 2 is 2.00 bits per heavy atom. The highest BCUT2D eigenvalue weighted by Gasteiger charge is 2.19. The van der Waals surface area contributed by atoms with Crippen LogP contribution in [-0.2, 0) is 0 Å². The number of nitrogens with one attached hydrogen (secondary N) is 3. The van der Waals surface area contributed by atoms with E-state index in [1.54, 1.807) is 0 Å². The number of hydrogen-bond acceptors (Lipinski definition) is 3. The van der Waals surface area contributed by atoms with Gasteiger partial charge in [0.2, 0.25) is 0 Å². The van der Waals surface area contributed by atoms with Crippen molar-refractivity contribution in [2.24, 2.45) is 5.84 Å². The van der Waals surface area contributed by atoms with Gasteiger partial charge < -0.3 is 9.97 Å². The Bertz CT molecular complexity index is 766. The number of amides is 1. The number of carbonyl (C=O) groups is 1. The molecule has 1 amide bonds. The minimum atomic E-state index is -0.307. The van der Waals surface area contributed by atoms with Crippen LogP contribution in [0.25, 0.3) is 22.6 Å². The first-order valence-corrected chi connectivity index (χ1v) is 6.27. The van der Waals surface area contributed by atoms with Gasteiger partial charge >= 0.3 is 0 Å². The van der Waals surface area contributed by atoms with Gasteiger partial charge in [-0.2, -0.15) is 0 Å². The molecular weight excluding hydrogens is 254 g/mol. The van der Waals surface area contributed by atoms with Crippen molar-refractivity contribution in [3.63, 3.8) is 0 Å². The molecule has 0 atom stereocenters. The summed E-state index contributed by atoms with van der Waals surface area (Å²) in [5.41, 5.74) is 6.96. The van der Waals surface area contributed by atoms with Gasteiger partial charge in [-0.05, 0) is 31.5 Å². The largest absolute Gasteiger partial charge is 0.355 e. The molecule has 102 valence electrons. The smallest absolute Gasteiger partial charge is 0.267 e. The molecule has 3 aromatic rings. The van der Waals surface area contributed by atoms with Crippen molar-refractivity contribution in [3.8, 4) is 11.5 Å². The Kier molecular flexibility index (Phi) is 2.80. The number of benzene rings is 1. The molecular formula is C14H15N5O. The lowest BCUT2D eigenvalue weighted by Gasteiger charge is -1.99. The number of fused-ring (bicyclic) bond motifs is 1. The van der Waals surface area contributed by atoms with Crippen molar-refractivity contribution >= 4 is 16.9 Å². The highest BCUT2D eigenvalue weighted by Crippen LogP contribution is 2.27. The minimum Gasteiger partial charge on any atom is -0.355 e. The summed E-state index contributed by atoms with van der Waals surface area (Å²) in [6.07, 6.45) is 0. The van der Waals surface area contributed by atoms with Crippen molar-refractivity contribution in [1.82, 2.24) is 20.4 Å². The number of aromatic amines is 2. The van der Waals surface area contributed by atoms with Crippen molar-refractivity contribution in [3.05, 3.63) is 41.1 Å². The topological polar surface area (TPSA) is 99.6 Å². The zero-order valence-electron chi connectivity index (χ0n) is 11.2. The Morgan fingerprint density at radius 1 is 1.25 bits per heavy atom. The molecule has 20 heavy (non-hydrogen) atoms. The number of aromatic nitrogens is 3. The number of nitrogens with two attached hydrogens (primary N) is 1. The molecule has 0 spiro atoms. The van der Waals surface area contributed by atoms with Crippen LogP contribution < -0.4 is 11.3 Å². The lowest BCUT2D eigenvalue weighted by atomic mass is 10.1. The van der Waals surface area contributed by atoms with Crippen molar-refractivity contribution in [2.75, 3.05) is 0 Å². The summed E-state index contributed by atoms with van der Waals surface area (Å²) < 4.78 is 0. The van der Waals surface area contributed by atoms with Gasteiger partial charge in [0.05, 0.1) is 22.3 Å². The first kappa shape index (κ1) is 12.4. The van der Waals surface area contributed by atoms with Crippen LogP contribution in [-0.4, -0.2) is 20.9 Å². The molecule has 0 bridgehead atoms. The predicted octanol–water partition coefficient (Wildman–Crippen LogP) is 1.78. The average molecular weight is 269 g/mol. The van der Waals surface area contributed by atoms with E-state index in [1.165, 1.54) is 0 Å². The highest BCUT2D eigenvalue weighted by atomic mass is 16.2. The number of hydrazine groups is 1. The number of H-pyrrole nitrogens is 2. The minimum absolute atomic E-state index is 0.307. The monoisotopic (exact) mass is 269 g/mol. The van der Waals surface area contributed by atoms with Crippen LogP contribution in [0.4, 0.5) is 0 Å². The lowest BCUT2D eigenvalue weighted by Crippen LogP contribution is -2.30. The fraction of sp³-hybridized carbons (Fsp3) is 0.143. The Balaban J connectivity index is 2.17. The second-order valence-electron chi connectivity index (χ2n) is 4.70. The third-order valence-electron chi connectivity index (χ3n) is 3.42. The molecule has 0 aliphatic heterocycles. The van der Waals surface area contributed by atoms with E-state index in [9.17, 15) is 4.79 Å². The van der Waals surface area contributed by atoms with E-state index in [0.29, 0.717) is 11.4 Å². The van der Waals surface area contributed by atoms with E-state index in [0.717, 1.165) is 28.0 Å². The van der Waals surface area contributed by atoms with Gasteiger partial charge in [-0.1, -0.05) is 12.1 Å². The SMILES string of the molecule is Cc1[nH]c(-c2nc3ccccc3[nH]2)c(C)c1C(=O)NN. The number of hydrogen-bond donors (Lipinski definition) is 4. The number of imidazole rings is 1. The summed E-state index contributed by atoms with van der Waals surface area (Å²) in [6.45, 7) is 3.71. The number of para-hydroxylation sites is 2. The third-order valence-corrected chi connectivity index (χ3v) is 3.42. The Labute approximate surface area is 115 Å². The van der Waals surface area contributed by atoms with Crippen LogP contribution in [0.5, 0.6) is 0 Å². The van der Waals surface area contributed by atoms with Gasteiger partial charge in [0.25, 0.3) is 5.91 Å². The number of aryl methyl sites for hydroxylation is 1. The highest BCUT2D eigenvalue weighted by molar-refractivity contribution is 5.98. The molecule has 6 nitrogen and oxygen atoms in total. The fourth-order valence-electron chi connectivity index (χ4n) is 2.47. The second kappa shape index (κ2) is 4.50. The summed E-state index contributed by atoms with van der Waals surface area (Å²) in [4.78, 5) is 22.8. The van der Waals surface area contributed by atoms with E-state index >= 15 is 0 Å². The van der Waals surface area contributed by atoms with Crippen LogP contribution >= 0.6 is 0 Å². The molecule has 1 aromatic carbocycles. The molecule has 0 unspecified atom stereocenters. The molecule has 0 aliphatic carbocycles. The maximum absolute atomic E-state index is 11.8.